The highest BCUT2D eigenvalue weighted by molar-refractivity contribution is 5.96. The molecule has 9 nitrogen and oxygen atoms in total. The lowest BCUT2D eigenvalue weighted by atomic mass is 10.1. The lowest BCUT2D eigenvalue weighted by Gasteiger charge is -2.15. The van der Waals surface area contributed by atoms with Gasteiger partial charge in [-0.15, -0.1) is 0 Å². The molecule has 1 atom stereocenters. The minimum absolute atomic E-state index is 0.140. The summed E-state index contributed by atoms with van der Waals surface area (Å²) in [5.74, 6) is -0.946. The topological polar surface area (TPSA) is 117 Å². The van der Waals surface area contributed by atoms with E-state index >= 15 is 0 Å². The number of rotatable bonds is 9. The zero-order chi connectivity index (χ0) is 19.9. The molecule has 26 heavy (non-hydrogen) atoms. The summed E-state index contributed by atoms with van der Waals surface area (Å²) in [6.45, 7) is 7.65. The molecule has 0 heterocycles. The van der Waals surface area contributed by atoms with Gasteiger partial charge in [-0.05, 0) is 19.8 Å². The number of carbonyl (C=O) groups excluding carboxylic acids is 2. The maximum atomic E-state index is 12.4. The number of nitrogens with zero attached hydrogens (tertiary/aromatic N) is 1. The summed E-state index contributed by atoms with van der Waals surface area (Å²) in [6.07, 6.45) is -1.10. The Morgan fingerprint density at radius 3 is 2.38 bits per heavy atom. The smallest absolute Gasteiger partial charge is 0.346 e. The number of amides is 1. The molecule has 144 valence electrons. The average molecular weight is 368 g/mol. The summed E-state index contributed by atoms with van der Waals surface area (Å²) in [5.41, 5.74) is -0.812. The summed E-state index contributed by atoms with van der Waals surface area (Å²) in [5, 5.41) is 13.9. The highest BCUT2D eigenvalue weighted by Crippen LogP contribution is 2.35. The summed E-state index contributed by atoms with van der Waals surface area (Å²) in [4.78, 5) is 34.9. The first-order valence-electron chi connectivity index (χ1n) is 8.19. The van der Waals surface area contributed by atoms with Crippen LogP contribution >= 0.6 is 0 Å². The third-order valence-electron chi connectivity index (χ3n) is 3.34. The van der Waals surface area contributed by atoms with Crippen molar-refractivity contribution < 1.29 is 28.7 Å². The Bertz CT molecular complexity index is 673. The van der Waals surface area contributed by atoms with E-state index in [1.54, 1.807) is 6.92 Å². The maximum absolute atomic E-state index is 12.4. The van der Waals surface area contributed by atoms with Crippen molar-refractivity contribution in [1.29, 1.82) is 0 Å². The van der Waals surface area contributed by atoms with E-state index in [0.29, 0.717) is 6.54 Å². The Labute approximate surface area is 151 Å². The van der Waals surface area contributed by atoms with Crippen molar-refractivity contribution in [3.63, 3.8) is 0 Å². The summed E-state index contributed by atoms with van der Waals surface area (Å²) in [7, 11) is 1.35. The van der Waals surface area contributed by atoms with Gasteiger partial charge in [-0.1, -0.05) is 13.8 Å². The minimum Gasteiger partial charge on any atom is -0.493 e. The van der Waals surface area contributed by atoms with Gasteiger partial charge in [-0.25, -0.2) is 4.79 Å². The number of carbonyl (C=O) groups is 2. The summed E-state index contributed by atoms with van der Waals surface area (Å²) < 4.78 is 15.5. The van der Waals surface area contributed by atoms with Gasteiger partial charge in [0.15, 0.2) is 17.6 Å². The van der Waals surface area contributed by atoms with Crippen molar-refractivity contribution in [1.82, 2.24) is 5.32 Å². The average Bonchev–Trinajstić information content (AvgIpc) is 2.59. The van der Waals surface area contributed by atoms with Gasteiger partial charge in [0.25, 0.3) is 11.6 Å². The van der Waals surface area contributed by atoms with E-state index in [-0.39, 0.29) is 29.6 Å². The number of hydrogen-bond donors (Lipinski definition) is 1. The molecule has 0 aromatic heterocycles. The van der Waals surface area contributed by atoms with Crippen molar-refractivity contribution in [2.24, 2.45) is 5.92 Å². The molecule has 1 rings (SSSR count). The monoisotopic (exact) mass is 368 g/mol. The first-order valence-corrected chi connectivity index (χ1v) is 8.19. The van der Waals surface area contributed by atoms with Crippen molar-refractivity contribution in [2.45, 2.75) is 33.8 Å². The van der Waals surface area contributed by atoms with Crippen LogP contribution in [0.1, 0.15) is 38.1 Å². The summed E-state index contributed by atoms with van der Waals surface area (Å²) in [6, 6.07) is 2.27. The lowest BCUT2D eigenvalue weighted by Crippen LogP contribution is -2.37. The number of hydrogen-bond acceptors (Lipinski definition) is 7. The van der Waals surface area contributed by atoms with E-state index < -0.39 is 28.6 Å². The number of methoxy groups -OCH3 is 1. The molecule has 0 fully saturated rings. The molecule has 1 N–H and O–H groups in total. The van der Waals surface area contributed by atoms with Gasteiger partial charge in [0.2, 0.25) is 0 Å². The second kappa shape index (κ2) is 9.59. The fourth-order valence-corrected chi connectivity index (χ4v) is 2.02. The summed E-state index contributed by atoms with van der Waals surface area (Å²) >= 11 is 0. The normalized spacial score (nSPS) is 11.6. The third kappa shape index (κ3) is 5.61. The van der Waals surface area contributed by atoms with E-state index in [0.717, 1.165) is 6.07 Å². The van der Waals surface area contributed by atoms with Crippen LogP contribution in [0.25, 0.3) is 0 Å². The van der Waals surface area contributed by atoms with Crippen molar-refractivity contribution in [3.05, 3.63) is 27.8 Å². The van der Waals surface area contributed by atoms with Gasteiger partial charge in [0, 0.05) is 12.6 Å². The van der Waals surface area contributed by atoms with Crippen LogP contribution in [0, 0.1) is 16.0 Å². The van der Waals surface area contributed by atoms with E-state index in [2.05, 4.69) is 5.32 Å². The molecule has 0 saturated heterocycles. The second-order valence-electron chi connectivity index (χ2n) is 5.90. The van der Waals surface area contributed by atoms with Crippen molar-refractivity contribution in [2.75, 3.05) is 20.3 Å². The molecule has 0 aliphatic carbocycles. The zero-order valence-electron chi connectivity index (χ0n) is 15.5. The predicted octanol–water partition coefficient (Wildman–Crippen LogP) is 2.32. The molecule has 0 spiro atoms. The van der Waals surface area contributed by atoms with E-state index in [4.69, 9.17) is 14.2 Å². The molecule has 0 aliphatic heterocycles. The number of nitro groups is 1. The Kier molecular flexibility index (Phi) is 7.82. The molecule has 0 aliphatic rings. The van der Waals surface area contributed by atoms with Gasteiger partial charge < -0.3 is 19.5 Å². The Morgan fingerprint density at radius 2 is 1.88 bits per heavy atom. The first-order chi connectivity index (χ1) is 12.2. The number of esters is 1. The van der Waals surface area contributed by atoms with Gasteiger partial charge in [-0.3, -0.25) is 14.9 Å². The number of benzene rings is 1. The van der Waals surface area contributed by atoms with Crippen LogP contribution in [-0.4, -0.2) is 43.2 Å². The van der Waals surface area contributed by atoms with Crippen molar-refractivity contribution >= 4 is 17.6 Å². The molecule has 0 radical (unpaired) electrons. The van der Waals surface area contributed by atoms with Crippen LogP contribution < -0.4 is 14.8 Å². The van der Waals surface area contributed by atoms with Gasteiger partial charge in [-0.2, -0.15) is 0 Å². The fraction of sp³-hybridized carbons (Fsp3) is 0.529. The zero-order valence-corrected chi connectivity index (χ0v) is 15.5. The molecule has 1 aromatic carbocycles. The van der Waals surface area contributed by atoms with Gasteiger partial charge in [0.05, 0.1) is 24.7 Å². The Hall–Kier alpha value is -2.84. The lowest BCUT2D eigenvalue weighted by molar-refractivity contribution is -0.385. The standard InChI is InChI=1S/C17H24N2O7/c1-6-25-15-8-13(19(22)23)12(7-14(15)24-5)17(21)26-11(4)16(20)18-9-10(2)3/h7-8,10-11H,6,9H2,1-5H3,(H,18,20). The van der Waals surface area contributed by atoms with Crippen LogP contribution in [0.3, 0.4) is 0 Å². The van der Waals surface area contributed by atoms with Crippen LogP contribution in [0.2, 0.25) is 0 Å². The van der Waals surface area contributed by atoms with E-state index in [1.165, 1.54) is 20.1 Å². The number of ether oxygens (including phenoxy) is 3. The molecule has 0 saturated carbocycles. The number of nitro benzene ring substituents is 1. The van der Waals surface area contributed by atoms with Crippen LogP contribution in [0.4, 0.5) is 5.69 Å². The van der Waals surface area contributed by atoms with Crippen LogP contribution in [0.5, 0.6) is 11.5 Å². The maximum Gasteiger partial charge on any atom is 0.346 e. The molecular weight excluding hydrogens is 344 g/mol. The molecule has 1 aromatic rings. The third-order valence-corrected chi connectivity index (χ3v) is 3.34. The Morgan fingerprint density at radius 1 is 1.23 bits per heavy atom. The molecule has 1 amide bonds. The van der Waals surface area contributed by atoms with E-state index in [1.807, 2.05) is 13.8 Å². The molecular formula is C17H24N2O7. The molecule has 9 heteroatoms. The Balaban J connectivity index is 3.06. The molecule has 1 unspecified atom stereocenters. The molecule has 0 bridgehead atoms. The van der Waals surface area contributed by atoms with Crippen LogP contribution in [0.15, 0.2) is 12.1 Å². The highest BCUT2D eigenvalue weighted by Gasteiger charge is 2.28. The first kappa shape index (κ1) is 21.2. The number of nitrogens with one attached hydrogen (secondary N) is 1. The van der Waals surface area contributed by atoms with Gasteiger partial charge >= 0.3 is 5.97 Å². The predicted molar refractivity (Wildman–Crippen MR) is 93.5 cm³/mol. The quantitative estimate of drug-likeness (QED) is 0.404. The fourth-order valence-electron chi connectivity index (χ4n) is 2.02. The minimum atomic E-state index is -1.10. The van der Waals surface area contributed by atoms with Gasteiger partial charge in [0.1, 0.15) is 5.56 Å². The SMILES string of the molecule is CCOc1cc([N+](=O)[O-])c(C(=O)OC(C)C(=O)NCC(C)C)cc1OC. The van der Waals surface area contributed by atoms with Crippen LogP contribution in [-0.2, 0) is 9.53 Å². The second-order valence-corrected chi connectivity index (χ2v) is 5.90. The highest BCUT2D eigenvalue weighted by atomic mass is 16.6. The van der Waals surface area contributed by atoms with E-state index in [9.17, 15) is 19.7 Å². The largest absolute Gasteiger partial charge is 0.493 e. The van der Waals surface area contributed by atoms with Crippen molar-refractivity contribution in [3.8, 4) is 11.5 Å².